The number of esters is 1. The lowest BCUT2D eigenvalue weighted by molar-refractivity contribution is -0.318. The lowest BCUT2D eigenvalue weighted by atomic mass is 9.73. The average Bonchev–Trinajstić information content (AvgIpc) is 3.91. The minimum Gasteiger partial charge on any atom is -0.459 e. The molecule has 3 heterocycles. The van der Waals surface area contributed by atoms with E-state index < -0.39 is 108 Å². The van der Waals surface area contributed by atoms with Crippen LogP contribution in [0.2, 0.25) is 0 Å². The molecule has 18 atom stereocenters. The predicted molar refractivity (Wildman–Crippen MR) is 189 cm³/mol. The van der Waals surface area contributed by atoms with Crippen LogP contribution in [0.3, 0.4) is 0 Å². The van der Waals surface area contributed by atoms with Crippen molar-refractivity contribution in [1.82, 2.24) is 4.90 Å². The first-order valence-electron chi connectivity index (χ1n) is 19.0. The molecule has 4 aliphatic rings. The van der Waals surface area contributed by atoms with Gasteiger partial charge in [0.05, 0.1) is 47.6 Å². The molecule has 14 heteroatoms. The molecule has 4 rings (SSSR count). The Morgan fingerprint density at radius 2 is 1.46 bits per heavy atom. The van der Waals surface area contributed by atoms with E-state index in [4.69, 9.17) is 28.4 Å². The second-order valence-electron chi connectivity index (χ2n) is 17.3. The Morgan fingerprint density at radius 1 is 0.846 bits per heavy atom. The van der Waals surface area contributed by atoms with Gasteiger partial charge in [0.15, 0.2) is 12.6 Å². The van der Waals surface area contributed by atoms with Crippen molar-refractivity contribution in [2.24, 2.45) is 29.6 Å². The molecule has 1 unspecified atom stereocenters. The Bertz CT molecular complexity index is 1230. The Kier molecular flexibility index (Phi) is 13.7. The van der Waals surface area contributed by atoms with Crippen LogP contribution in [-0.2, 0) is 38.0 Å². The lowest BCUT2D eigenvalue weighted by Gasteiger charge is -2.49. The third-order valence-corrected chi connectivity index (χ3v) is 12.4. The number of cyclic esters (lactones) is 1. The normalized spacial score (nSPS) is 50.5. The van der Waals surface area contributed by atoms with Crippen LogP contribution in [0.15, 0.2) is 0 Å². The fourth-order valence-corrected chi connectivity index (χ4v) is 8.85. The first-order valence-corrected chi connectivity index (χ1v) is 19.0. The predicted octanol–water partition coefficient (Wildman–Crippen LogP) is 1.79. The van der Waals surface area contributed by atoms with Crippen LogP contribution in [0, 0.1) is 29.6 Å². The molecular formula is C38H67NO13. The van der Waals surface area contributed by atoms with E-state index in [9.17, 15) is 35.1 Å². The van der Waals surface area contributed by atoms with Gasteiger partial charge in [0.2, 0.25) is 0 Å². The van der Waals surface area contributed by atoms with E-state index in [0.29, 0.717) is 19.3 Å². The number of likely N-dealkylation sites (N-methyl/N-ethyl adjacent to an activating group) is 1. The zero-order chi connectivity index (χ0) is 39.2. The van der Waals surface area contributed by atoms with Gasteiger partial charge in [-0.25, -0.2) is 0 Å². The number of aliphatic hydroxyl groups is 5. The summed E-state index contributed by atoms with van der Waals surface area (Å²) in [5.41, 5.74) is -4.80. The van der Waals surface area contributed by atoms with Gasteiger partial charge in [0.1, 0.15) is 29.7 Å². The first-order chi connectivity index (χ1) is 24.0. The summed E-state index contributed by atoms with van der Waals surface area (Å²) in [5.74, 6) is -5.09. The third-order valence-electron chi connectivity index (χ3n) is 12.4. The summed E-state index contributed by atoms with van der Waals surface area (Å²) >= 11 is 0. The molecule has 1 aliphatic carbocycles. The highest BCUT2D eigenvalue weighted by atomic mass is 16.7. The highest BCUT2D eigenvalue weighted by Crippen LogP contribution is 2.44. The highest BCUT2D eigenvalue weighted by molar-refractivity contribution is 5.83. The van der Waals surface area contributed by atoms with Crippen LogP contribution in [0.25, 0.3) is 0 Å². The van der Waals surface area contributed by atoms with Crippen molar-refractivity contribution in [3.8, 4) is 0 Å². The van der Waals surface area contributed by atoms with Gasteiger partial charge in [0, 0.05) is 37.3 Å². The van der Waals surface area contributed by atoms with Gasteiger partial charge >= 0.3 is 5.97 Å². The lowest BCUT2D eigenvalue weighted by Crippen LogP contribution is -2.61. The molecule has 0 bridgehead atoms. The summed E-state index contributed by atoms with van der Waals surface area (Å²) in [6.07, 6.45) is -8.33. The fraction of sp³-hybridized carbons (Fsp3) is 0.947. The van der Waals surface area contributed by atoms with Crippen LogP contribution in [0.4, 0.5) is 0 Å². The van der Waals surface area contributed by atoms with E-state index in [-0.39, 0.29) is 30.9 Å². The minimum atomic E-state index is -1.96. The number of hydrogen-bond donors (Lipinski definition) is 5. The third kappa shape index (κ3) is 9.04. The second kappa shape index (κ2) is 16.4. The van der Waals surface area contributed by atoms with Crippen LogP contribution in [-0.4, -0.2) is 148 Å². The van der Waals surface area contributed by atoms with Gasteiger partial charge < -0.3 is 58.9 Å². The molecule has 52 heavy (non-hydrogen) atoms. The molecule has 302 valence electrons. The summed E-state index contributed by atoms with van der Waals surface area (Å²) in [4.78, 5) is 30.0. The first kappa shape index (κ1) is 43.4. The number of hydrogen-bond acceptors (Lipinski definition) is 14. The number of ether oxygens (including phenoxy) is 6. The summed E-state index contributed by atoms with van der Waals surface area (Å²) in [6, 6.07) is -0.321. The maximum Gasteiger partial charge on any atom is 0.311 e. The number of rotatable bonds is 7. The molecule has 0 radical (unpaired) electrons. The highest BCUT2D eigenvalue weighted by Gasteiger charge is 2.55. The van der Waals surface area contributed by atoms with E-state index in [0.717, 1.165) is 0 Å². The standard InChI is InChI=1S/C38H67NO13/c1-18-16-36(7,45)32(52-35-28(41)25(39(10)11)15-19(2)48-35)21(4)29(50-26-17-37(8,47-12)31(43)23(6)49-26)22(5)34(44)51-33(24-13-14-24)38(9,46)30(42)20(3)27(18)40/h18-26,28-33,35,41-43,45-46H,13-17H2,1-12H3/t18-,19-,20+,21+,22-,23+,25+,26+,28-,29?,30-,31+,32-,33-,35+,36-,37-,38+/m1/s1. The van der Waals surface area contributed by atoms with Gasteiger partial charge in [-0.15, -0.1) is 0 Å². The molecule has 0 aromatic carbocycles. The van der Waals surface area contributed by atoms with Gasteiger partial charge in [-0.3, -0.25) is 9.59 Å². The Balaban J connectivity index is 1.82. The monoisotopic (exact) mass is 745 g/mol. The van der Waals surface area contributed by atoms with Crippen molar-refractivity contribution in [3.05, 3.63) is 0 Å². The van der Waals surface area contributed by atoms with Crippen LogP contribution in [0.1, 0.15) is 94.4 Å². The number of carbonyl (C=O) groups excluding carboxylic acids is 2. The fourth-order valence-electron chi connectivity index (χ4n) is 8.85. The van der Waals surface area contributed by atoms with E-state index >= 15 is 0 Å². The Labute approximate surface area is 309 Å². The molecule has 1 saturated carbocycles. The van der Waals surface area contributed by atoms with E-state index in [1.54, 1.807) is 34.6 Å². The van der Waals surface area contributed by atoms with Crippen molar-refractivity contribution in [3.63, 3.8) is 0 Å². The summed E-state index contributed by atoms with van der Waals surface area (Å²) < 4.78 is 37.4. The number of aliphatic hydroxyl groups excluding tert-OH is 3. The Morgan fingerprint density at radius 3 is 2.02 bits per heavy atom. The van der Waals surface area contributed by atoms with Gasteiger partial charge in [-0.1, -0.05) is 20.8 Å². The maximum atomic E-state index is 14.2. The van der Waals surface area contributed by atoms with Crippen molar-refractivity contribution in [2.75, 3.05) is 21.2 Å². The van der Waals surface area contributed by atoms with Crippen molar-refractivity contribution in [2.45, 2.75) is 179 Å². The zero-order valence-electron chi connectivity index (χ0n) is 33.2. The molecule has 3 saturated heterocycles. The molecule has 14 nitrogen and oxygen atoms in total. The van der Waals surface area contributed by atoms with Gasteiger partial charge in [-0.2, -0.15) is 0 Å². The smallest absolute Gasteiger partial charge is 0.311 e. The molecule has 5 N–H and O–H groups in total. The van der Waals surface area contributed by atoms with Gasteiger partial charge in [0.25, 0.3) is 0 Å². The number of nitrogens with zero attached hydrogens (tertiary/aromatic N) is 1. The summed E-state index contributed by atoms with van der Waals surface area (Å²) in [5, 5.41) is 58.1. The van der Waals surface area contributed by atoms with Crippen LogP contribution < -0.4 is 0 Å². The van der Waals surface area contributed by atoms with E-state index in [2.05, 4.69) is 0 Å². The van der Waals surface area contributed by atoms with Crippen molar-refractivity contribution < 1.29 is 63.5 Å². The van der Waals surface area contributed by atoms with Crippen molar-refractivity contribution in [1.29, 1.82) is 0 Å². The van der Waals surface area contributed by atoms with Crippen LogP contribution in [0.5, 0.6) is 0 Å². The molecule has 3 aliphatic heterocycles. The summed E-state index contributed by atoms with van der Waals surface area (Å²) in [6.45, 7) is 14.8. The quantitative estimate of drug-likeness (QED) is 0.237. The van der Waals surface area contributed by atoms with E-state index in [1.807, 2.05) is 25.9 Å². The molecule has 0 aromatic rings. The minimum absolute atomic E-state index is 0.101. The number of carbonyl (C=O) groups is 2. The number of methoxy groups -OCH3 is 1. The molecule has 4 fully saturated rings. The molecule has 0 spiro atoms. The molecule has 0 aromatic heterocycles. The average molecular weight is 746 g/mol. The number of ketones is 1. The summed E-state index contributed by atoms with van der Waals surface area (Å²) in [7, 11) is 5.19. The Hall–Kier alpha value is -1.30. The van der Waals surface area contributed by atoms with E-state index in [1.165, 1.54) is 27.9 Å². The largest absolute Gasteiger partial charge is 0.459 e. The number of Topliss-reactive ketones (excluding diaryl/α,β-unsaturated/α-hetero) is 1. The molecular weight excluding hydrogens is 678 g/mol. The molecule has 0 amide bonds. The maximum absolute atomic E-state index is 14.2. The zero-order valence-corrected chi connectivity index (χ0v) is 33.2. The second-order valence-corrected chi connectivity index (χ2v) is 17.3. The van der Waals surface area contributed by atoms with Gasteiger partial charge in [-0.05, 0) is 87.2 Å². The topological polar surface area (TPSA) is 194 Å². The van der Waals surface area contributed by atoms with Crippen LogP contribution >= 0.6 is 0 Å². The SMILES string of the molecule is CO[C@]1(C)C[C@H](OC2[C@@H](C)C(=O)O[C@H](C3CC3)[C@@](C)(O)[C@H](O)[C@@H](C)C(=O)[C@H](C)C[C@@](C)(O)[C@H](O[C@@H]3O[C@H](C)C[C@H](N(C)C)[C@H]3O)[C@H]2C)O[C@@H](C)[C@@H]1O. The van der Waals surface area contributed by atoms with Crippen molar-refractivity contribution >= 4 is 11.8 Å².